The van der Waals surface area contributed by atoms with Gasteiger partial charge in [0.25, 0.3) is 0 Å². The average Bonchev–Trinajstić information content (AvgIpc) is 3.00. The van der Waals surface area contributed by atoms with E-state index in [1.165, 1.54) is 17.0 Å². The Bertz CT molecular complexity index is 1300. The van der Waals surface area contributed by atoms with Gasteiger partial charge in [0.1, 0.15) is 11.6 Å². The standard InChI is InChI=1S/C28H28F3N3O4/c1-32-25-4-2-3-23(33-25)11-12-38-24-10-7-19-13-20(15-26(35)36)27(37)34(17-21(19)14-24)16-18-5-8-22(9-6-18)28(29,30)31/h2-10,14,20H,11-13,15-17H2,1H3,(H,32,33)(H,35,36)/t20-/m0/s1. The number of nitrogens with one attached hydrogen (secondary N) is 1. The van der Waals surface area contributed by atoms with Crippen LogP contribution in [0.15, 0.2) is 60.7 Å². The smallest absolute Gasteiger partial charge is 0.416 e. The second kappa shape index (κ2) is 11.5. The van der Waals surface area contributed by atoms with Crippen LogP contribution in [-0.2, 0) is 41.7 Å². The van der Waals surface area contributed by atoms with Crippen LogP contribution in [0.2, 0.25) is 0 Å². The first-order valence-corrected chi connectivity index (χ1v) is 12.2. The summed E-state index contributed by atoms with van der Waals surface area (Å²) in [4.78, 5) is 30.7. The number of aromatic nitrogens is 1. The number of carbonyl (C=O) groups is 2. The number of rotatable bonds is 9. The molecule has 38 heavy (non-hydrogen) atoms. The van der Waals surface area contributed by atoms with Crippen molar-refractivity contribution in [1.82, 2.24) is 9.88 Å². The minimum atomic E-state index is -4.45. The molecule has 0 radical (unpaired) electrons. The van der Waals surface area contributed by atoms with Crippen LogP contribution in [0.1, 0.15) is 34.4 Å². The van der Waals surface area contributed by atoms with Gasteiger partial charge in [-0.3, -0.25) is 9.59 Å². The summed E-state index contributed by atoms with van der Waals surface area (Å²) < 4.78 is 44.8. The summed E-state index contributed by atoms with van der Waals surface area (Å²) in [6.07, 6.45) is -3.94. The van der Waals surface area contributed by atoms with Gasteiger partial charge in [-0.15, -0.1) is 0 Å². The number of nitrogens with zero attached hydrogens (tertiary/aromatic N) is 2. The average molecular weight is 528 g/mol. The van der Waals surface area contributed by atoms with Gasteiger partial charge in [-0.2, -0.15) is 13.2 Å². The van der Waals surface area contributed by atoms with Crippen LogP contribution in [0.5, 0.6) is 5.75 Å². The number of carbonyl (C=O) groups excluding carboxylic acids is 1. The topological polar surface area (TPSA) is 91.8 Å². The lowest BCUT2D eigenvalue weighted by atomic mass is 9.94. The quantitative estimate of drug-likeness (QED) is 0.410. The Morgan fingerprint density at radius 1 is 1.13 bits per heavy atom. The molecule has 7 nitrogen and oxygen atoms in total. The van der Waals surface area contributed by atoms with Crippen molar-refractivity contribution >= 4 is 17.7 Å². The number of carboxylic acids is 1. The monoisotopic (exact) mass is 527 g/mol. The molecule has 1 aromatic heterocycles. The molecule has 0 fully saturated rings. The number of aliphatic carboxylic acids is 1. The van der Waals surface area contributed by atoms with Gasteiger partial charge in [0.2, 0.25) is 5.91 Å². The van der Waals surface area contributed by atoms with E-state index < -0.39 is 23.6 Å². The lowest BCUT2D eigenvalue weighted by Crippen LogP contribution is -2.35. The van der Waals surface area contributed by atoms with E-state index in [-0.39, 0.29) is 31.8 Å². The summed E-state index contributed by atoms with van der Waals surface area (Å²) in [7, 11) is 1.80. The fourth-order valence-corrected chi connectivity index (χ4v) is 4.49. The predicted octanol–water partition coefficient (Wildman–Crippen LogP) is 4.94. The van der Waals surface area contributed by atoms with Gasteiger partial charge >= 0.3 is 12.1 Å². The van der Waals surface area contributed by atoms with Crippen molar-refractivity contribution in [2.45, 2.75) is 38.5 Å². The van der Waals surface area contributed by atoms with Crippen molar-refractivity contribution in [1.29, 1.82) is 0 Å². The molecule has 0 aliphatic carbocycles. The molecular formula is C28H28F3N3O4. The molecule has 2 aromatic carbocycles. The number of hydrogen-bond donors (Lipinski definition) is 2. The number of benzene rings is 2. The molecule has 0 bridgehead atoms. The minimum absolute atomic E-state index is 0.0606. The summed E-state index contributed by atoms with van der Waals surface area (Å²) in [6.45, 7) is 0.633. The van der Waals surface area contributed by atoms with Crippen LogP contribution in [0.3, 0.4) is 0 Å². The molecule has 1 atom stereocenters. The number of amides is 1. The summed E-state index contributed by atoms with van der Waals surface area (Å²) >= 11 is 0. The number of ether oxygens (including phenoxy) is 1. The van der Waals surface area contributed by atoms with Crippen LogP contribution in [0.4, 0.5) is 19.0 Å². The fourth-order valence-electron chi connectivity index (χ4n) is 4.49. The van der Waals surface area contributed by atoms with Gasteiger partial charge in [0.05, 0.1) is 24.5 Å². The second-order valence-corrected chi connectivity index (χ2v) is 9.18. The minimum Gasteiger partial charge on any atom is -0.493 e. The highest BCUT2D eigenvalue weighted by Crippen LogP contribution is 2.31. The van der Waals surface area contributed by atoms with Crippen molar-refractivity contribution in [2.24, 2.45) is 5.92 Å². The van der Waals surface area contributed by atoms with Crippen molar-refractivity contribution in [3.8, 4) is 5.75 Å². The fraction of sp³-hybridized carbons (Fsp3) is 0.321. The van der Waals surface area contributed by atoms with E-state index in [0.29, 0.717) is 24.3 Å². The number of pyridine rings is 1. The van der Waals surface area contributed by atoms with E-state index in [1.54, 1.807) is 13.1 Å². The van der Waals surface area contributed by atoms with Gasteiger partial charge in [-0.05, 0) is 59.5 Å². The summed E-state index contributed by atoms with van der Waals surface area (Å²) in [5, 5.41) is 12.4. The van der Waals surface area contributed by atoms with Crippen molar-refractivity contribution in [2.75, 3.05) is 19.0 Å². The van der Waals surface area contributed by atoms with Crippen LogP contribution < -0.4 is 10.1 Å². The Kier molecular flexibility index (Phi) is 8.19. The van der Waals surface area contributed by atoms with Gasteiger partial charge < -0.3 is 20.1 Å². The van der Waals surface area contributed by atoms with E-state index >= 15 is 0 Å². The van der Waals surface area contributed by atoms with Crippen LogP contribution in [0.25, 0.3) is 0 Å². The lowest BCUT2D eigenvalue weighted by Gasteiger charge is -2.24. The molecule has 4 rings (SSSR count). The van der Waals surface area contributed by atoms with Crippen LogP contribution >= 0.6 is 0 Å². The molecule has 3 aromatic rings. The maximum Gasteiger partial charge on any atom is 0.416 e. The number of hydrogen-bond acceptors (Lipinski definition) is 5. The Labute approximate surface area is 218 Å². The number of halogens is 3. The molecule has 1 amide bonds. The molecule has 2 heterocycles. The molecule has 0 saturated carbocycles. The van der Waals surface area contributed by atoms with E-state index in [0.717, 1.165) is 34.8 Å². The third kappa shape index (κ3) is 6.81. The largest absolute Gasteiger partial charge is 0.493 e. The van der Waals surface area contributed by atoms with Gasteiger partial charge in [0.15, 0.2) is 0 Å². The highest BCUT2D eigenvalue weighted by atomic mass is 19.4. The molecule has 10 heteroatoms. The molecule has 1 aliphatic rings. The van der Waals surface area contributed by atoms with E-state index in [2.05, 4.69) is 10.3 Å². The van der Waals surface area contributed by atoms with Crippen molar-refractivity contribution in [3.63, 3.8) is 0 Å². The van der Waals surface area contributed by atoms with Gasteiger partial charge in [-0.25, -0.2) is 4.98 Å². The second-order valence-electron chi connectivity index (χ2n) is 9.18. The molecule has 1 aliphatic heterocycles. The number of anilines is 1. The zero-order valence-corrected chi connectivity index (χ0v) is 20.8. The first kappa shape index (κ1) is 27.0. The Morgan fingerprint density at radius 3 is 2.58 bits per heavy atom. The highest BCUT2D eigenvalue weighted by molar-refractivity contribution is 5.84. The zero-order valence-electron chi connectivity index (χ0n) is 20.8. The molecule has 0 spiro atoms. The molecule has 2 N–H and O–H groups in total. The van der Waals surface area contributed by atoms with Crippen molar-refractivity contribution < 1.29 is 32.6 Å². The van der Waals surface area contributed by atoms with Crippen LogP contribution in [-0.4, -0.2) is 40.5 Å². The molecule has 200 valence electrons. The third-order valence-corrected chi connectivity index (χ3v) is 6.43. The predicted molar refractivity (Wildman–Crippen MR) is 135 cm³/mol. The van der Waals surface area contributed by atoms with Gasteiger partial charge in [0, 0.05) is 32.3 Å². The molecular weight excluding hydrogens is 499 g/mol. The Hall–Kier alpha value is -4.08. The Morgan fingerprint density at radius 2 is 1.89 bits per heavy atom. The molecule has 0 unspecified atom stereocenters. The van der Waals surface area contributed by atoms with E-state index in [4.69, 9.17) is 4.74 Å². The number of carboxylic acid groups (broad SMARTS) is 1. The lowest BCUT2D eigenvalue weighted by molar-refractivity contribution is -0.144. The third-order valence-electron chi connectivity index (χ3n) is 6.43. The normalized spacial score (nSPS) is 15.5. The maximum atomic E-state index is 13.3. The van der Waals surface area contributed by atoms with Gasteiger partial charge in [-0.1, -0.05) is 24.3 Å². The highest BCUT2D eigenvalue weighted by Gasteiger charge is 2.32. The van der Waals surface area contributed by atoms with Crippen LogP contribution in [0, 0.1) is 5.92 Å². The summed E-state index contributed by atoms with van der Waals surface area (Å²) in [6, 6.07) is 15.8. The number of fused-ring (bicyclic) bond motifs is 1. The maximum absolute atomic E-state index is 13.3. The summed E-state index contributed by atoms with van der Waals surface area (Å²) in [5.74, 6) is -0.840. The SMILES string of the molecule is CNc1cccc(CCOc2ccc3c(c2)CN(Cc2ccc(C(F)(F)F)cc2)C(=O)[C@H](CC(=O)O)C3)n1. The first-order valence-electron chi connectivity index (χ1n) is 12.2. The number of alkyl halides is 3. The van der Waals surface area contributed by atoms with E-state index in [1.807, 2.05) is 30.3 Å². The summed E-state index contributed by atoms with van der Waals surface area (Å²) in [5.41, 5.74) is 2.28. The van der Waals surface area contributed by atoms with E-state index in [9.17, 15) is 27.9 Å². The first-order chi connectivity index (χ1) is 18.1. The Balaban J connectivity index is 1.51. The zero-order chi connectivity index (χ0) is 27.3. The van der Waals surface area contributed by atoms with Crippen molar-refractivity contribution in [3.05, 3.63) is 88.6 Å². The molecule has 0 saturated heterocycles.